The van der Waals surface area contributed by atoms with Crippen molar-refractivity contribution in [2.24, 2.45) is 0 Å². The average molecular weight is 460 g/mol. The number of hydrogen-bond acceptors (Lipinski definition) is 4. The van der Waals surface area contributed by atoms with Gasteiger partial charge in [-0.15, -0.1) is 0 Å². The molecule has 10 heteroatoms. The fourth-order valence-electron chi connectivity index (χ4n) is 2.76. The minimum atomic E-state index is -0.403. The van der Waals surface area contributed by atoms with Crippen LogP contribution in [0.4, 0.5) is 10.1 Å². The summed E-state index contributed by atoms with van der Waals surface area (Å²) >= 11 is 11.9. The summed E-state index contributed by atoms with van der Waals surface area (Å²) < 4.78 is 21.9. The lowest BCUT2D eigenvalue weighted by Crippen LogP contribution is -2.14. The first-order valence-electron chi connectivity index (χ1n) is 9.16. The zero-order valence-corrected chi connectivity index (χ0v) is 17.5. The lowest BCUT2D eigenvalue weighted by molar-refractivity contribution is 0.102. The molecule has 2 aromatic heterocycles. The van der Waals surface area contributed by atoms with E-state index in [1.807, 2.05) is 0 Å². The maximum absolute atomic E-state index is 13.2. The molecule has 0 fully saturated rings. The highest BCUT2D eigenvalue weighted by molar-refractivity contribution is 6.31. The van der Waals surface area contributed by atoms with Gasteiger partial charge >= 0.3 is 0 Å². The van der Waals surface area contributed by atoms with Crippen LogP contribution in [0.3, 0.4) is 0 Å². The lowest BCUT2D eigenvalue weighted by atomic mass is 10.2. The van der Waals surface area contributed by atoms with Crippen LogP contribution in [0.25, 0.3) is 0 Å². The summed E-state index contributed by atoms with van der Waals surface area (Å²) in [6.07, 6.45) is 4.80. The van der Waals surface area contributed by atoms with Gasteiger partial charge in [-0.3, -0.25) is 9.48 Å². The summed E-state index contributed by atoms with van der Waals surface area (Å²) in [5, 5.41) is 12.1. The maximum Gasteiger partial charge on any atom is 0.276 e. The monoisotopic (exact) mass is 459 g/mol. The molecule has 1 N–H and O–H groups in total. The van der Waals surface area contributed by atoms with Crippen LogP contribution < -0.4 is 10.1 Å². The number of amides is 1. The molecule has 4 aromatic rings. The fourth-order valence-corrected chi connectivity index (χ4v) is 3.11. The predicted octanol–water partition coefficient (Wildman–Crippen LogP) is 4.86. The standard InChI is InChI=1S/C21H16Cl2FN5O2/c22-15-2-5-18(6-3-15)31-13-28-8-7-20(27-28)21(30)26-17-10-25-29(12-17)11-14-1-4-16(24)9-19(14)23/h1-10,12H,11,13H2,(H,26,30). The quantitative estimate of drug-likeness (QED) is 0.428. The van der Waals surface area contributed by atoms with Gasteiger partial charge in [0.2, 0.25) is 0 Å². The highest BCUT2D eigenvalue weighted by Crippen LogP contribution is 2.19. The number of benzene rings is 2. The van der Waals surface area contributed by atoms with Gasteiger partial charge in [0.1, 0.15) is 11.6 Å². The second-order valence-corrected chi connectivity index (χ2v) is 7.43. The van der Waals surface area contributed by atoms with Crippen LogP contribution in [0.1, 0.15) is 16.1 Å². The number of nitrogens with one attached hydrogen (secondary N) is 1. The first-order valence-corrected chi connectivity index (χ1v) is 9.91. The largest absolute Gasteiger partial charge is 0.471 e. The van der Waals surface area contributed by atoms with Crippen LogP contribution in [0.15, 0.2) is 67.1 Å². The Hall–Kier alpha value is -3.36. The zero-order valence-electron chi connectivity index (χ0n) is 16.0. The van der Waals surface area contributed by atoms with Crippen LogP contribution in [0.5, 0.6) is 5.75 Å². The van der Waals surface area contributed by atoms with E-state index in [4.69, 9.17) is 27.9 Å². The Labute approximate surface area is 187 Å². The zero-order chi connectivity index (χ0) is 21.8. The summed E-state index contributed by atoms with van der Waals surface area (Å²) in [6.45, 7) is 0.483. The molecule has 31 heavy (non-hydrogen) atoms. The molecular formula is C21H16Cl2FN5O2. The van der Waals surface area contributed by atoms with Crippen LogP contribution in [0.2, 0.25) is 10.0 Å². The molecule has 0 aliphatic rings. The molecule has 0 aliphatic carbocycles. The molecule has 0 bridgehead atoms. The molecule has 7 nitrogen and oxygen atoms in total. The molecule has 2 aromatic carbocycles. The number of nitrogens with zero attached hydrogens (tertiary/aromatic N) is 4. The minimum Gasteiger partial charge on any atom is -0.471 e. The highest BCUT2D eigenvalue weighted by Gasteiger charge is 2.12. The van der Waals surface area contributed by atoms with Gasteiger partial charge in [0, 0.05) is 22.4 Å². The average Bonchev–Trinajstić information content (AvgIpc) is 3.39. The second kappa shape index (κ2) is 9.20. The Morgan fingerprint density at radius 2 is 1.90 bits per heavy atom. The minimum absolute atomic E-state index is 0.144. The van der Waals surface area contributed by atoms with Crippen molar-refractivity contribution in [2.75, 3.05) is 5.32 Å². The van der Waals surface area contributed by atoms with Crippen LogP contribution >= 0.6 is 23.2 Å². The summed E-state index contributed by atoms with van der Waals surface area (Å²) in [5.74, 6) is -0.149. The molecule has 0 atom stereocenters. The summed E-state index contributed by atoms with van der Waals surface area (Å²) in [5.41, 5.74) is 1.44. The van der Waals surface area contributed by atoms with Gasteiger partial charge in [-0.1, -0.05) is 29.3 Å². The maximum atomic E-state index is 13.2. The van der Waals surface area contributed by atoms with Crippen LogP contribution in [-0.4, -0.2) is 25.5 Å². The van der Waals surface area contributed by atoms with Crippen LogP contribution in [-0.2, 0) is 13.3 Å². The van der Waals surface area contributed by atoms with Crippen molar-refractivity contribution in [2.45, 2.75) is 13.3 Å². The van der Waals surface area contributed by atoms with E-state index in [2.05, 4.69) is 15.5 Å². The van der Waals surface area contributed by atoms with Crippen LogP contribution in [0, 0.1) is 5.82 Å². The summed E-state index contributed by atoms with van der Waals surface area (Å²) in [4.78, 5) is 12.5. The van der Waals surface area contributed by atoms with Gasteiger partial charge in [-0.05, 0) is 48.0 Å². The van der Waals surface area contributed by atoms with Gasteiger partial charge in [-0.2, -0.15) is 10.2 Å². The van der Waals surface area contributed by atoms with E-state index in [1.54, 1.807) is 53.5 Å². The number of aromatic nitrogens is 4. The number of ether oxygens (including phenoxy) is 1. The van der Waals surface area contributed by atoms with E-state index in [-0.39, 0.29) is 18.3 Å². The molecule has 0 spiro atoms. The van der Waals surface area contributed by atoms with Gasteiger partial charge in [0.05, 0.1) is 18.4 Å². The Kier molecular flexibility index (Phi) is 6.20. The second-order valence-electron chi connectivity index (χ2n) is 6.58. The number of anilines is 1. The van der Waals surface area contributed by atoms with E-state index in [9.17, 15) is 9.18 Å². The molecule has 2 heterocycles. The van der Waals surface area contributed by atoms with Crippen molar-refractivity contribution < 1.29 is 13.9 Å². The van der Waals surface area contributed by atoms with Crippen molar-refractivity contribution in [3.8, 4) is 5.75 Å². The molecule has 0 saturated heterocycles. The van der Waals surface area contributed by atoms with E-state index in [0.717, 1.165) is 0 Å². The molecule has 0 radical (unpaired) electrons. The molecule has 1 amide bonds. The topological polar surface area (TPSA) is 74.0 Å². The number of hydrogen-bond donors (Lipinski definition) is 1. The Morgan fingerprint density at radius 1 is 1.10 bits per heavy atom. The van der Waals surface area contributed by atoms with Gasteiger partial charge in [0.15, 0.2) is 12.4 Å². The third-order valence-electron chi connectivity index (χ3n) is 4.29. The Morgan fingerprint density at radius 3 is 2.68 bits per heavy atom. The summed E-state index contributed by atoms with van der Waals surface area (Å²) in [7, 11) is 0. The van der Waals surface area contributed by atoms with E-state index < -0.39 is 5.82 Å². The van der Waals surface area contributed by atoms with Crippen molar-refractivity contribution >= 4 is 34.8 Å². The third-order valence-corrected chi connectivity index (χ3v) is 4.89. The number of halogens is 3. The summed E-state index contributed by atoms with van der Waals surface area (Å²) in [6, 6.07) is 12.7. The van der Waals surface area contributed by atoms with E-state index >= 15 is 0 Å². The Balaban J connectivity index is 1.34. The third kappa shape index (κ3) is 5.42. The van der Waals surface area contributed by atoms with Gasteiger partial charge < -0.3 is 10.1 Å². The predicted molar refractivity (Wildman–Crippen MR) is 115 cm³/mol. The van der Waals surface area contributed by atoms with Crippen molar-refractivity contribution in [3.63, 3.8) is 0 Å². The molecule has 0 aliphatic heterocycles. The molecular weight excluding hydrogens is 444 g/mol. The first kappa shape index (κ1) is 20.9. The fraction of sp³-hybridized carbons (Fsp3) is 0.0952. The van der Waals surface area contributed by atoms with E-state index in [1.165, 1.54) is 23.0 Å². The molecule has 158 valence electrons. The Bertz CT molecular complexity index is 1210. The van der Waals surface area contributed by atoms with Crippen molar-refractivity contribution in [3.05, 3.63) is 94.2 Å². The number of carbonyl (C=O) groups excluding carboxylic acids is 1. The number of rotatable bonds is 7. The van der Waals surface area contributed by atoms with Crippen molar-refractivity contribution in [1.82, 2.24) is 19.6 Å². The lowest BCUT2D eigenvalue weighted by Gasteiger charge is -2.06. The SMILES string of the molecule is O=C(Nc1cnn(Cc2ccc(F)cc2Cl)c1)c1ccn(COc2ccc(Cl)cc2)n1. The van der Waals surface area contributed by atoms with Gasteiger partial charge in [-0.25, -0.2) is 9.07 Å². The van der Waals surface area contributed by atoms with E-state index in [0.29, 0.717) is 33.6 Å². The van der Waals surface area contributed by atoms with Gasteiger partial charge in [0.25, 0.3) is 5.91 Å². The highest BCUT2D eigenvalue weighted by atomic mass is 35.5. The first-order chi connectivity index (χ1) is 15.0. The smallest absolute Gasteiger partial charge is 0.276 e. The number of carbonyl (C=O) groups is 1. The molecule has 0 saturated carbocycles. The molecule has 0 unspecified atom stereocenters. The molecule has 4 rings (SSSR count). The normalized spacial score (nSPS) is 10.8. The van der Waals surface area contributed by atoms with Crippen molar-refractivity contribution in [1.29, 1.82) is 0 Å².